The van der Waals surface area contributed by atoms with Crippen LogP contribution in [0.5, 0.6) is 5.75 Å². The second kappa shape index (κ2) is 11.5. The number of hydrogen-bond acceptors (Lipinski definition) is 6. The Labute approximate surface area is 206 Å². The van der Waals surface area contributed by atoms with Gasteiger partial charge in [0.2, 0.25) is 26.0 Å². The van der Waals surface area contributed by atoms with Crippen LogP contribution in [0.25, 0.3) is 0 Å². The number of halogens is 1. The number of piperidine rings is 1. The first-order chi connectivity index (χ1) is 16.5. The largest absolute Gasteiger partial charge is 0.492 e. The van der Waals surface area contributed by atoms with Crippen molar-refractivity contribution in [2.24, 2.45) is 5.92 Å². The molecular weight excluding hydrogens is 497 g/mol. The number of nitrogens with one attached hydrogen (secondary N) is 1. The third-order valence-corrected chi connectivity index (χ3v) is 9.43. The van der Waals surface area contributed by atoms with E-state index in [1.54, 1.807) is 12.1 Å². The Balaban J connectivity index is 1.40. The standard InChI is InChI=1S/C23H30FN3O6S2/c1-26(2)35(31,32)22-9-7-21(8-10-22)33-16-13-25-23(28)19-11-14-27(15-12-19)34(29,30)17-18-3-5-20(24)6-4-18/h3-10,19H,11-17H2,1-2H3,(H,25,28). The molecule has 3 rings (SSSR count). The molecule has 0 bridgehead atoms. The van der Waals surface area contributed by atoms with Gasteiger partial charge in [-0.2, -0.15) is 0 Å². The minimum Gasteiger partial charge on any atom is -0.492 e. The minimum absolute atomic E-state index is 0.156. The van der Waals surface area contributed by atoms with Gasteiger partial charge in [0, 0.05) is 33.1 Å². The van der Waals surface area contributed by atoms with Crippen molar-refractivity contribution in [2.75, 3.05) is 40.3 Å². The predicted octanol–water partition coefficient (Wildman–Crippen LogP) is 1.81. The summed E-state index contributed by atoms with van der Waals surface area (Å²) in [5.41, 5.74) is 0.514. The molecule has 2 aromatic rings. The maximum absolute atomic E-state index is 13.0. The number of amides is 1. The summed E-state index contributed by atoms with van der Waals surface area (Å²) >= 11 is 0. The summed E-state index contributed by atoms with van der Waals surface area (Å²) in [7, 11) is -4.14. The first-order valence-electron chi connectivity index (χ1n) is 11.1. The zero-order valence-corrected chi connectivity index (χ0v) is 21.3. The molecule has 1 aliphatic heterocycles. The summed E-state index contributed by atoms with van der Waals surface area (Å²) in [6, 6.07) is 11.4. The Hall–Kier alpha value is -2.54. The molecule has 0 aliphatic carbocycles. The van der Waals surface area contributed by atoms with Crippen molar-refractivity contribution in [1.29, 1.82) is 0 Å². The van der Waals surface area contributed by atoms with Crippen LogP contribution in [-0.2, 0) is 30.6 Å². The van der Waals surface area contributed by atoms with E-state index in [0.717, 1.165) is 4.31 Å². The van der Waals surface area contributed by atoms with Crippen LogP contribution in [0.3, 0.4) is 0 Å². The molecule has 2 aromatic carbocycles. The number of hydrogen-bond donors (Lipinski definition) is 1. The first kappa shape index (κ1) is 27.1. The van der Waals surface area contributed by atoms with E-state index in [0.29, 0.717) is 24.2 Å². The van der Waals surface area contributed by atoms with E-state index in [1.165, 1.54) is 54.8 Å². The number of rotatable bonds is 10. The fourth-order valence-electron chi connectivity index (χ4n) is 3.68. The van der Waals surface area contributed by atoms with Gasteiger partial charge in [-0.25, -0.2) is 29.8 Å². The Bertz CT molecular complexity index is 1210. The van der Waals surface area contributed by atoms with Gasteiger partial charge < -0.3 is 10.1 Å². The molecule has 9 nitrogen and oxygen atoms in total. The third-order valence-electron chi connectivity index (χ3n) is 5.75. The summed E-state index contributed by atoms with van der Waals surface area (Å²) in [6.45, 7) is 0.969. The SMILES string of the molecule is CN(C)S(=O)(=O)c1ccc(OCCNC(=O)C2CCN(S(=O)(=O)Cc3ccc(F)cc3)CC2)cc1. The normalized spacial score (nSPS) is 15.8. The lowest BCUT2D eigenvalue weighted by atomic mass is 9.97. The van der Waals surface area contributed by atoms with Crippen LogP contribution < -0.4 is 10.1 Å². The van der Waals surface area contributed by atoms with Gasteiger partial charge in [0.25, 0.3) is 0 Å². The molecule has 192 valence electrons. The van der Waals surface area contributed by atoms with E-state index < -0.39 is 25.9 Å². The number of carbonyl (C=O) groups excluding carboxylic acids is 1. The van der Waals surface area contributed by atoms with E-state index in [-0.39, 0.29) is 48.7 Å². The molecular formula is C23H30FN3O6S2. The van der Waals surface area contributed by atoms with Gasteiger partial charge in [-0.15, -0.1) is 0 Å². The van der Waals surface area contributed by atoms with Crippen LogP contribution >= 0.6 is 0 Å². The quantitative estimate of drug-likeness (QED) is 0.472. The smallest absolute Gasteiger partial charge is 0.242 e. The van der Waals surface area contributed by atoms with Gasteiger partial charge in [0.1, 0.15) is 18.2 Å². The van der Waals surface area contributed by atoms with Gasteiger partial charge in [0.05, 0.1) is 17.2 Å². The van der Waals surface area contributed by atoms with E-state index in [1.807, 2.05) is 0 Å². The molecule has 0 atom stereocenters. The van der Waals surface area contributed by atoms with Gasteiger partial charge in [-0.3, -0.25) is 4.79 Å². The van der Waals surface area contributed by atoms with Crippen LogP contribution in [-0.4, -0.2) is 71.7 Å². The monoisotopic (exact) mass is 527 g/mol. The summed E-state index contributed by atoms with van der Waals surface area (Å²) < 4.78 is 70.6. The minimum atomic E-state index is -3.55. The lowest BCUT2D eigenvalue weighted by molar-refractivity contribution is -0.126. The Morgan fingerprint density at radius 2 is 1.63 bits per heavy atom. The molecule has 0 radical (unpaired) electrons. The summed E-state index contributed by atoms with van der Waals surface area (Å²) in [5.74, 6) is -0.587. The second-order valence-electron chi connectivity index (χ2n) is 8.45. The lowest BCUT2D eigenvalue weighted by Gasteiger charge is -2.30. The summed E-state index contributed by atoms with van der Waals surface area (Å²) in [6.07, 6.45) is 0.828. The van der Waals surface area contributed by atoms with Crippen molar-refractivity contribution < 1.29 is 30.8 Å². The van der Waals surface area contributed by atoms with Gasteiger partial charge >= 0.3 is 0 Å². The Morgan fingerprint density at radius 1 is 1.03 bits per heavy atom. The first-order valence-corrected chi connectivity index (χ1v) is 14.2. The fourth-order valence-corrected chi connectivity index (χ4v) is 6.15. The highest BCUT2D eigenvalue weighted by molar-refractivity contribution is 7.89. The Kier molecular flexibility index (Phi) is 8.86. The molecule has 1 amide bonds. The molecule has 1 saturated heterocycles. The molecule has 35 heavy (non-hydrogen) atoms. The third kappa shape index (κ3) is 7.23. The van der Waals surface area contributed by atoms with Gasteiger partial charge in [0.15, 0.2) is 0 Å². The average molecular weight is 528 g/mol. The van der Waals surface area contributed by atoms with Crippen LogP contribution in [0.2, 0.25) is 0 Å². The summed E-state index contributed by atoms with van der Waals surface area (Å²) in [5, 5.41) is 2.80. The van der Waals surface area contributed by atoms with E-state index in [2.05, 4.69) is 5.32 Å². The van der Waals surface area contributed by atoms with Crippen molar-refractivity contribution in [3.8, 4) is 5.75 Å². The van der Waals surface area contributed by atoms with Crippen molar-refractivity contribution in [3.05, 3.63) is 59.9 Å². The molecule has 12 heteroatoms. The highest BCUT2D eigenvalue weighted by Gasteiger charge is 2.31. The second-order valence-corrected chi connectivity index (χ2v) is 12.6. The molecule has 1 heterocycles. The van der Waals surface area contributed by atoms with Crippen molar-refractivity contribution in [3.63, 3.8) is 0 Å². The molecule has 1 fully saturated rings. The van der Waals surface area contributed by atoms with E-state index in [9.17, 15) is 26.0 Å². The molecule has 1 N–H and O–H groups in total. The maximum atomic E-state index is 13.0. The zero-order valence-electron chi connectivity index (χ0n) is 19.7. The average Bonchev–Trinajstić information content (AvgIpc) is 2.83. The van der Waals surface area contributed by atoms with Crippen molar-refractivity contribution >= 4 is 26.0 Å². The van der Waals surface area contributed by atoms with E-state index in [4.69, 9.17) is 4.74 Å². The van der Waals surface area contributed by atoms with Crippen LogP contribution in [0.1, 0.15) is 18.4 Å². The number of carbonyl (C=O) groups is 1. The fraction of sp³-hybridized carbons (Fsp3) is 0.435. The number of benzene rings is 2. The van der Waals surface area contributed by atoms with Crippen LogP contribution in [0, 0.1) is 11.7 Å². The van der Waals surface area contributed by atoms with Crippen LogP contribution in [0.15, 0.2) is 53.4 Å². The highest BCUT2D eigenvalue weighted by atomic mass is 32.2. The van der Waals surface area contributed by atoms with Crippen LogP contribution in [0.4, 0.5) is 4.39 Å². The maximum Gasteiger partial charge on any atom is 0.242 e. The Morgan fingerprint density at radius 3 is 2.20 bits per heavy atom. The molecule has 0 unspecified atom stereocenters. The molecule has 0 aromatic heterocycles. The van der Waals surface area contributed by atoms with Gasteiger partial charge in [-0.1, -0.05) is 12.1 Å². The van der Waals surface area contributed by atoms with Crippen molar-refractivity contribution in [2.45, 2.75) is 23.5 Å². The summed E-state index contributed by atoms with van der Waals surface area (Å²) in [4.78, 5) is 12.6. The predicted molar refractivity (Wildman–Crippen MR) is 129 cm³/mol. The molecule has 0 spiro atoms. The number of nitrogens with zero attached hydrogens (tertiary/aromatic N) is 2. The molecule has 1 aliphatic rings. The zero-order chi connectivity index (χ0) is 25.6. The van der Waals surface area contributed by atoms with Gasteiger partial charge in [-0.05, 0) is 54.8 Å². The topological polar surface area (TPSA) is 113 Å². The lowest BCUT2D eigenvalue weighted by Crippen LogP contribution is -2.43. The molecule has 0 saturated carbocycles. The number of sulfonamides is 2. The highest BCUT2D eigenvalue weighted by Crippen LogP contribution is 2.22. The number of ether oxygens (including phenoxy) is 1. The van der Waals surface area contributed by atoms with Crippen molar-refractivity contribution in [1.82, 2.24) is 13.9 Å². The van der Waals surface area contributed by atoms with E-state index >= 15 is 0 Å².